The van der Waals surface area contributed by atoms with E-state index in [-0.39, 0.29) is 0 Å². The number of rotatable bonds is 6. The summed E-state index contributed by atoms with van der Waals surface area (Å²) in [6.07, 6.45) is 15.0. The van der Waals surface area contributed by atoms with Crippen molar-refractivity contribution >= 4 is 22.5 Å². The Hall–Kier alpha value is -4.17. The average Bonchev–Trinajstić information content (AvgIpc) is 2.90. The highest BCUT2D eigenvalue weighted by molar-refractivity contribution is 6.06. The third-order valence-corrected chi connectivity index (χ3v) is 5.83. The van der Waals surface area contributed by atoms with E-state index < -0.39 is 0 Å². The van der Waals surface area contributed by atoms with Crippen LogP contribution in [0.25, 0.3) is 11.1 Å². The molecule has 0 amide bonds. The van der Waals surface area contributed by atoms with Crippen molar-refractivity contribution in [2.45, 2.75) is 0 Å². The van der Waals surface area contributed by atoms with Crippen molar-refractivity contribution in [3.8, 4) is 0 Å². The molecule has 0 aliphatic heterocycles. The monoisotopic (exact) mass is 442 g/mol. The summed E-state index contributed by atoms with van der Waals surface area (Å²) >= 11 is 0. The molecule has 2 nitrogen and oxygen atoms in total. The summed E-state index contributed by atoms with van der Waals surface area (Å²) in [5.74, 6) is 0. The van der Waals surface area contributed by atoms with Gasteiger partial charge in [0.15, 0.2) is 0 Å². The fourth-order valence-electron chi connectivity index (χ4n) is 3.92. The maximum atomic E-state index is 4.27. The van der Waals surface area contributed by atoms with E-state index in [1.165, 1.54) is 39.1 Å². The molecule has 1 aliphatic rings. The lowest BCUT2D eigenvalue weighted by molar-refractivity contribution is 1.13. The molecule has 1 aliphatic carbocycles. The van der Waals surface area contributed by atoms with Gasteiger partial charge < -0.3 is 4.90 Å². The fourth-order valence-corrected chi connectivity index (χ4v) is 3.92. The quantitative estimate of drug-likeness (QED) is 0.363. The minimum absolute atomic E-state index is 0.979. The Labute approximate surface area is 203 Å². The van der Waals surface area contributed by atoms with Gasteiger partial charge in [-0.1, -0.05) is 103 Å². The summed E-state index contributed by atoms with van der Waals surface area (Å²) in [4.78, 5) is 6.39. The average molecular weight is 443 g/mol. The number of hydrogen-bond acceptors (Lipinski definition) is 2. The summed E-state index contributed by atoms with van der Waals surface area (Å²) < 4.78 is 0. The van der Waals surface area contributed by atoms with E-state index in [0.29, 0.717) is 0 Å². The summed E-state index contributed by atoms with van der Waals surface area (Å²) in [5.41, 5.74) is 9.27. The Morgan fingerprint density at radius 1 is 0.676 bits per heavy atom. The van der Waals surface area contributed by atoms with Gasteiger partial charge in [-0.3, -0.25) is 4.99 Å². The van der Waals surface area contributed by atoms with E-state index in [0.717, 1.165) is 5.71 Å². The first kappa shape index (κ1) is 23.0. The van der Waals surface area contributed by atoms with Crippen LogP contribution < -0.4 is 4.90 Å². The second kappa shape index (κ2) is 11.1. The molecule has 0 heterocycles. The molecule has 3 aromatic carbocycles. The maximum Gasteiger partial charge on any atom is 0.0571 e. The first-order valence-corrected chi connectivity index (χ1v) is 11.5. The first-order chi connectivity index (χ1) is 16.7. The molecule has 0 atom stereocenters. The van der Waals surface area contributed by atoms with Crippen LogP contribution in [0, 0.1) is 0 Å². The first-order valence-electron chi connectivity index (χ1n) is 11.5. The van der Waals surface area contributed by atoms with Crippen molar-refractivity contribution in [2.75, 3.05) is 26.0 Å². The lowest BCUT2D eigenvalue weighted by Gasteiger charge is -2.14. The number of allylic oxidation sites excluding steroid dienone is 9. The van der Waals surface area contributed by atoms with Crippen LogP contribution in [0.15, 0.2) is 138 Å². The predicted octanol–water partition coefficient (Wildman–Crippen LogP) is 7.39. The van der Waals surface area contributed by atoms with Crippen LogP contribution in [-0.4, -0.2) is 26.9 Å². The molecule has 0 saturated carbocycles. The highest BCUT2D eigenvalue weighted by Gasteiger charge is 2.07. The smallest absolute Gasteiger partial charge is 0.0571 e. The molecule has 3 aromatic rings. The second-order valence-electron chi connectivity index (χ2n) is 8.30. The van der Waals surface area contributed by atoms with Crippen LogP contribution in [0.4, 0.5) is 5.69 Å². The van der Waals surface area contributed by atoms with E-state index in [9.17, 15) is 0 Å². The van der Waals surface area contributed by atoms with Crippen molar-refractivity contribution in [3.63, 3.8) is 0 Å². The third kappa shape index (κ3) is 5.60. The molecule has 0 saturated heterocycles. The summed E-state index contributed by atoms with van der Waals surface area (Å²) in [5, 5.41) is 0. The van der Waals surface area contributed by atoms with Gasteiger partial charge in [0, 0.05) is 26.8 Å². The molecular weight excluding hydrogens is 412 g/mol. The van der Waals surface area contributed by atoms with Crippen molar-refractivity contribution in [3.05, 3.63) is 150 Å². The van der Waals surface area contributed by atoms with Crippen molar-refractivity contribution in [1.29, 1.82) is 0 Å². The molecule has 0 unspecified atom stereocenters. The standard InChI is InChI=1S/C32H30N2/c1-33-29-21-17-27(18-22-29)31(25-11-6-4-7-12-25)15-10-16-32(26-13-8-5-9-14-26)28-19-23-30(24-20-28)34(2)3/h4-24H,1-3H3. The van der Waals surface area contributed by atoms with Gasteiger partial charge in [-0.2, -0.15) is 0 Å². The molecule has 0 spiro atoms. The number of anilines is 1. The summed E-state index contributed by atoms with van der Waals surface area (Å²) in [6, 6.07) is 29.8. The van der Waals surface area contributed by atoms with E-state index >= 15 is 0 Å². The lowest BCUT2D eigenvalue weighted by Crippen LogP contribution is -2.08. The van der Waals surface area contributed by atoms with Crippen molar-refractivity contribution in [2.24, 2.45) is 4.99 Å². The Morgan fingerprint density at radius 3 is 1.79 bits per heavy atom. The van der Waals surface area contributed by atoms with Crippen LogP contribution in [0.5, 0.6) is 0 Å². The maximum absolute atomic E-state index is 4.27. The van der Waals surface area contributed by atoms with Crippen LogP contribution in [0.3, 0.4) is 0 Å². The minimum Gasteiger partial charge on any atom is -0.378 e. The highest BCUT2D eigenvalue weighted by Crippen LogP contribution is 2.27. The Bertz CT molecular complexity index is 1270. The van der Waals surface area contributed by atoms with Crippen LogP contribution in [-0.2, 0) is 0 Å². The molecule has 0 aromatic heterocycles. The molecule has 4 rings (SSSR count). The van der Waals surface area contributed by atoms with Gasteiger partial charge in [0.05, 0.1) is 5.71 Å². The zero-order chi connectivity index (χ0) is 23.8. The summed E-state index contributed by atoms with van der Waals surface area (Å²) in [6.45, 7) is 0. The van der Waals surface area contributed by atoms with E-state index in [1.807, 2.05) is 7.05 Å². The van der Waals surface area contributed by atoms with Gasteiger partial charge in [0.1, 0.15) is 0 Å². The predicted molar refractivity (Wildman–Crippen MR) is 148 cm³/mol. The number of hydrogen-bond donors (Lipinski definition) is 0. The molecule has 34 heavy (non-hydrogen) atoms. The van der Waals surface area contributed by atoms with Gasteiger partial charge in [-0.25, -0.2) is 0 Å². The van der Waals surface area contributed by atoms with Crippen molar-refractivity contribution in [1.82, 2.24) is 0 Å². The number of aliphatic imine (C=N–C) groups is 1. The van der Waals surface area contributed by atoms with E-state index in [4.69, 9.17) is 0 Å². The van der Waals surface area contributed by atoms with Crippen LogP contribution >= 0.6 is 0 Å². The van der Waals surface area contributed by atoms with Crippen LogP contribution in [0.1, 0.15) is 16.7 Å². The molecule has 0 fully saturated rings. The largest absolute Gasteiger partial charge is 0.378 e. The van der Waals surface area contributed by atoms with Gasteiger partial charge in [-0.15, -0.1) is 0 Å². The molecular formula is C32H30N2. The molecule has 2 heteroatoms. The normalized spacial score (nSPS) is 13.4. The highest BCUT2D eigenvalue weighted by atomic mass is 15.1. The van der Waals surface area contributed by atoms with Crippen LogP contribution in [0.2, 0.25) is 0 Å². The molecule has 0 bridgehead atoms. The summed E-state index contributed by atoms with van der Waals surface area (Å²) in [7, 11) is 5.94. The third-order valence-electron chi connectivity index (χ3n) is 5.83. The minimum atomic E-state index is 0.979. The van der Waals surface area contributed by atoms with Gasteiger partial charge in [0.2, 0.25) is 0 Å². The van der Waals surface area contributed by atoms with Gasteiger partial charge >= 0.3 is 0 Å². The number of benzene rings is 3. The Kier molecular flexibility index (Phi) is 7.52. The zero-order valence-electron chi connectivity index (χ0n) is 20.0. The molecule has 0 N–H and O–H groups in total. The zero-order valence-corrected chi connectivity index (χ0v) is 20.0. The van der Waals surface area contributed by atoms with E-state index in [2.05, 4.69) is 151 Å². The SMILES string of the molecule is CN=C1C=CC(=C(C=CC=C(c2ccccc2)c2ccc(N(C)C)cc2)c2ccccc2)C=C1. The van der Waals surface area contributed by atoms with Crippen molar-refractivity contribution < 1.29 is 0 Å². The number of nitrogens with zero attached hydrogens (tertiary/aromatic N) is 2. The molecule has 0 radical (unpaired) electrons. The Balaban J connectivity index is 1.76. The topological polar surface area (TPSA) is 15.6 Å². The van der Waals surface area contributed by atoms with Gasteiger partial charge in [-0.05, 0) is 57.7 Å². The van der Waals surface area contributed by atoms with Gasteiger partial charge in [0.25, 0.3) is 0 Å². The second-order valence-corrected chi connectivity index (χ2v) is 8.30. The van der Waals surface area contributed by atoms with E-state index in [1.54, 1.807) is 0 Å². The molecule has 168 valence electrons. The fraction of sp³-hybridized carbons (Fsp3) is 0.0938. The Morgan fingerprint density at radius 2 is 1.24 bits per heavy atom. The lowest BCUT2D eigenvalue weighted by atomic mass is 9.94.